The van der Waals surface area contributed by atoms with Crippen molar-refractivity contribution in [1.82, 2.24) is 0 Å². The summed E-state index contributed by atoms with van der Waals surface area (Å²) in [7, 11) is 0. The molecule has 0 fully saturated rings. The maximum atomic E-state index is 12.4. The Morgan fingerprint density at radius 2 is 1.76 bits per heavy atom. The van der Waals surface area contributed by atoms with E-state index in [0.29, 0.717) is 11.3 Å². The number of carbonyl (C=O) groups is 3. The first-order valence-electron chi connectivity index (χ1n) is 7.91. The van der Waals surface area contributed by atoms with Crippen molar-refractivity contribution < 1.29 is 19.1 Å². The molecule has 0 heterocycles. The van der Waals surface area contributed by atoms with Gasteiger partial charge < -0.3 is 15.8 Å². The third-order valence-corrected chi connectivity index (χ3v) is 3.67. The molecule has 130 valence electrons. The van der Waals surface area contributed by atoms with Crippen LogP contribution in [0.2, 0.25) is 0 Å². The fraction of sp³-hybridized carbons (Fsp3) is 0.211. The number of ketones is 1. The largest absolute Gasteiger partial charge is 0.451 e. The van der Waals surface area contributed by atoms with Crippen LogP contribution < -0.4 is 11.1 Å². The van der Waals surface area contributed by atoms with Crippen molar-refractivity contribution in [3.63, 3.8) is 0 Å². The molecular weight excluding hydrogens is 320 g/mol. The van der Waals surface area contributed by atoms with E-state index in [0.717, 1.165) is 12.0 Å². The van der Waals surface area contributed by atoms with Crippen molar-refractivity contribution in [1.29, 1.82) is 0 Å². The average Bonchev–Trinajstić information content (AvgIpc) is 2.60. The number of Topliss-reactive ketones (excluding diaryl/α,β-unsaturated/α-hetero) is 1. The standard InChI is InChI=1S/C19H20N2O4/c1-3-13-7-9-14(10-8-13)17(22)12(2)25-18(23)15-5-4-6-16(11-15)21-19(20)24/h4-12H,3H2,1-2H3,(H3,20,21,24)/t12-/m0/s1. The predicted molar refractivity (Wildman–Crippen MR) is 94.7 cm³/mol. The summed E-state index contributed by atoms with van der Waals surface area (Å²) in [5.74, 6) is -0.929. The van der Waals surface area contributed by atoms with Gasteiger partial charge in [-0.1, -0.05) is 37.3 Å². The second kappa shape index (κ2) is 8.10. The highest BCUT2D eigenvalue weighted by Crippen LogP contribution is 2.14. The first-order chi connectivity index (χ1) is 11.9. The topological polar surface area (TPSA) is 98.5 Å². The fourth-order valence-electron chi connectivity index (χ4n) is 2.29. The van der Waals surface area contributed by atoms with E-state index >= 15 is 0 Å². The third kappa shape index (κ3) is 4.91. The Bertz CT molecular complexity index is 784. The fourth-order valence-corrected chi connectivity index (χ4v) is 2.29. The summed E-state index contributed by atoms with van der Waals surface area (Å²) in [5.41, 5.74) is 7.24. The summed E-state index contributed by atoms with van der Waals surface area (Å²) in [4.78, 5) is 35.5. The number of ether oxygens (including phenoxy) is 1. The molecule has 6 nitrogen and oxygen atoms in total. The molecule has 0 bridgehead atoms. The molecular formula is C19H20N2O4. The van der Waals surface area contributed by atoms with Crippen LogP contribution in [-0.4, -0.2) is 23.9 Å². The highest BCUT2D eigenvalue weighted by atomic mass is 16.5. The van der Waals surface area contributed by atoms with Gasteiger partial charge in [-0.3, -0.25) is 4.79 Å². The summed E-state index contributed by atoms with van der Waals surface area (Å²) in [6.45, 7) is 3.56. The van der Waals surface area contributed by atoms with Crippen LogP contribution >= 0.6 is 0 Å². The van der Waals surface area contributed by atoms with Crippen LogP contribution in [0.4, 0.5) is 10.5 Å². The van der Waals surface area contributed by atoms with E-state index in [2.05, 4.69) is 5.32 Å². The Labute approximate surface area is 146 Å². The molecule has 0 spiro atoms. The molecule has 6 heteroatoms. The van der Waals surface area contributed by atoms with Crippen LogP contribution in [-0.2, 0) is 11.2 Å². The van der Waals surface area contributed by atoms with Gasteiger partial charge in [0.25, 0.3) is 0 Å². The Morgan fingerprint density at radius 3 is 2.36 bits per heavy atom. The van der Waals surface area contributed by atoms with Gasteiger partial charge in [0.2, 0.25) is 5.78 Å². The van der Waals surface area contributed by atoms with Crippen molar-refractivity contribution in [2.45, 2.75) is 26.4 Å². The van der Waals surface area contributed by atoms with Crippen molar-refractivity contribution in [2.75, 3.05) is 5.32 Å². The zero-order valence-corrected chi connectivity index (χ0v) is 14.1. The lowest BCUT2D eigenvalue weighted by atomic mass is 10.0. The Balaban J connectivity index is 2.05. The molecule has 2 rings (SSSR count). The lowest BCUT2D eigenvalue weighted by Gasteiger charge is -2.13. The molecule has 0 unspecified atom stereocenters. The van der Waals surface area contributed by atoms with Crippen LogP contribution in [0.1, 0.15) is 40.1 Å². The normalized spacial score (nSPS) is 11.4. The highest BCUT2D eigenvalue weighted by molar-refractivity contribution is 6.01. The maximum absolute atomic E-state index is 12.4. The molecule has 2 aromatic carbocycles. The van der Waals surface area contributed by atoms with Crippen LogP contribution in [0.25, 0.3) is 0 Å². The Kier molecular flexibility index (Phi) is 5.89. The molecule has 0 aromatic heterocycles. The number of rotatable bonds is 6. The van der Waals surface area contributed by atoms with Crippen molar-refractivity contribution in [3.05, 3.63) is 65.2 Å². The van der Waals surface area contributed by atoms with Gasteiger partial charge >= 0.3 is 12.0 Å². The zero-order chi connectivity index (χ0) is 18.4. The molecule has 2 aromatic rings. The average molecular weight is 340 g/mol. The molecule has 3 N–H and O–H groups in total. The number of nitrogens with two attached hydrogens (primary N) is 1. The number of esters is 1. The Hall–Kier alpha value is -3.15. The molecule has 0 aliphatic heterocycles. The van der Waals surface area contributed by atoms with E-state index in [1.165, 1.54) is 19.1 Å². The number of carbonyl (C=O) groups excluding carboxylic acids is 3. The zero-order valence-electron chi connectivity index (χ0n) is 14.1. The first-order valence-corrected chi connectivity index (χ1v) is 7.91. The van der Waals surface area contributed by atoms with Gasteiger partial charge in [-0.2, -0.15) is 0 Å². The van der Waals surface area contributed by atoms with Gasteiger partial charge in [-0.25, -0.2) is 9.59 Å². The SMILES string of the molecule is CCc1ccc(C(=O)[C@H](C)OC(=O)c2cccc(NC(N)=O)c2)cc1. The van der Waals surface area contributed by atoms with Gasteiger partial charge in [0.05, 0.1) is 5.56 Å². The molecule has 0 aliphatic carbocycles. The summed E-state index contributed by atoms with van der Waals surface area (Å²) in [6, 6.07) is 12.6. The minimum absolute atomic E-state index is 0.215. The van der Waals surface area contributed by atoms with E-state index in [1.807, 2.05) is 19.1 Å². The second-order valence-corrected chi connectivity index (χ2v) is 5.53. The second-order valence-electron chi connectivity index (χ2n) is 5.53. The van der Waals surface area contributed by atoms with Crippen LogP contribution in [0.5, 0.6) is 0 Å². The van der Waals surface area contributed by atoms with Gasteiger partial charge in [0.1, 0.15) is 0 Å². The number of hydrogen-bond acceptors (Lipinski definition) is 4. The van der Waals surface area contributed by atoms with Gasteiger partial charge in [0.15, 0.2) is 6.10 Å². The summed E-state index contributed by atoms with van der Waals surface area (Å²) < 4.78 is 5.24. The molecule has 0 saturated heterocycles. The number of anilines is 1. The van der Waals surface area contributed by atoms with Crippen molar-refractivity contribution in [3.8, 4) is 0 Å². The minimum Gasteiger partial charge on any atom is -0.451 e. The van der Waals surface area contributed by atoms with Crippen molar-refractivity contribution >= 4 is 23.5 Å². The van der Waals surface area contributed by atoms with E-state index in [1.54, 1.807) is 24.3 Å². The molecule has 0 aliphatic rings. The maximum Gasteiger partial charge on any atom is 0.338 e. The number of aryl methyl sites for hydroxylation is 1. The van der Waals surface area contributed by atoms with E-state index in [4.69, 9.17) is 10.5 Å². The van der Waals surface area contributed by atoms with Crippen molar-refractivity contribution in [2.24, 2.45) is 5.73 Å². The minimum atomic E-state index is -0.923. The molecule has 1 atom stereocenters. The summed E-state index contributed by atoms with van der Waals surface area (Å²) in [5, 5.41) is 2.38. The number of benzene rings is 2. The molecule has 0 saturated carbocycles. The number of primary amides is 1. The van der Waals surface area contributed by atoms with Gasteiger partial charge in [-0.05, 0) is 37.1 Å². The predicted octanol–water partition coefficient (Wildman–Crippen LogP) is 3.17. The Morgan fingerprint density at radius 1 is 1.08 bits per heavy atom. The summed E-state index contributed by atoms with van der Waals surface area (Å²) in [6.07, 6.45) is -0.0398. The first kappa shape index (κ1) is 18.2. The smallest absolute Gasteiger partial charge is 0.338 e. The van der Waals surface area contributed by atoms with E-state index in [-0.39, 0.29) is 11.3 Å². The molecule has 0 radical (unpaired) electrons. The number of urea groups is 1. The van der Waals surface area contributed by atoms with Gasteiger partial charge in [-0.15, -0.1) is 0 Å². The lowest BCUT2D eigenvalue weighted by Crippen LogP contribution is -2.24. The highest BCUT2D eigenvalue weighted by Gasteiger charge is 2.20. The third-order valence-electron chi connectivity index (χ3n) is 3.67. The van der Waals surface area contributed by atoms with Crippen LogP contribution in [0.15, 0.2) is 48.5 Å². The van der Waals surface area contributed by atoms with Gasteiger partial charge in [0, 0.05) is 11.3 Å². The van der Waals surface area contributed by atoms with E-state index < -0.39 is 18.1 Å². The number of hydrogen-bond donors (Lipinski definition) is 2. The quantitative estimate of drug-likeness (QED) is 0.623. The molecule has 25 heavy (non-hydrogen) atoms. The molecule has 2 amide bonds. The summed E-state index contributed by atoms with van der Waals surface area (Å²) >= 11 is 0. The number of amides is 2. The monoisotopic (exact) mass is 340 g/mol. The lowest BCUT2D eigenvalue weighted by molar-refractivity contribution is 0.0319. The van der Waals surface area contributed by atoms with Crippen LogP contribution in [0.3, 0.4) is 0 Å². The van der Waals surface area contributed by atoms with Crippen LogP contribution in [0, 0.1) is 0 Å². The van der Waals surface area contributed by atoms with E-state index in [9.17, 15) is 14.4 Å². The number of nitrogens with one attached hydrogen (secondary N) is 1.